The maximum Gasteiger partial charge on any atom is 0.110 e. The second-order valence-electron chi connectivity index (χ2n) is 4.94. The standard InChI is InChI=1S/C17H17ClN2/c1-2-7-17-19-15-10-5-6-11-16(15)20(17)12-13-8-3-4-9-14(13)18/h3-6,8-11H,2,7,12H2,1H3. The molecule has 1 heterocycles. The summed E-state index contributed by atoms with van der Waals surface area (Å²) >= 11 is 6.29. The summed E-state index contributed by atoms with van der Waals surface area (Å²) in [7, 11) is 0. The van der Waals surface area contributed by atoms with E-state index in [-0.39, 0.29) is 0 Å². The van der Waals surface area contributed by atoms with E-state index in [9.17, 15) is 0 Å². The summed E-state index contributed by atoms with van der Waals surface area (Å²) in [6, 6.07) is 16.3. The monoisotopic (exact) mass is 284 g/mol. The van der Waals surface area contributed by atoms with Crippen LogP contribution in [0.25, 0.3) is 11.0 Å². The highest BCUT2D eigenvalue weighted by molar-refractivity contribution is 6.31. The summed E-state index contributed by atoms with van der Waals surface area (Å²) in [6.45, 7) is 2.95. The zero-order valence-electron chi connectivity index (χ0n) is 11.5. The first-order valence-corrected chi connectivity index (χ1v) is 7.35. The Kier molecular flexibility index (Phi) is 3.75. The number of aryl methyl sites for hydroxylation is 1. The summed E-state index contributed by atoms with van der Waals surface area (Å²) in [5.41, 5.74) is 3.37. The Morgan fingerprint density at radius 3 is 2.60 bits per heavy atom. The molecule has 2 nitrogen and oxygen atoms in total. The molecule has 102 valence electrons. The lowest BCUT2D eigenvalue weighted by molar-refractivity contribution is 0.722. The van der Waals surface area contributed by atoms with Gasteiger partial charge in [0.1, 0.15) is 5.82 Å². The Balaban J connectivity index is 2.09. The van der Waals surface area contributed by atoms with Gasteiger partial charge in [-0.25, -0.2) is 4.98 Å². The van der Waals surface area contributed by atoms with Crippen LogP contribution in [0.2, 0.25) is 5.02 Å². The third kappa shape index (κ3) is 2.44. The molecule has 0 saturated carbocycles. The van der Waals surface area contributed by atoms with Gasteiger partial charge in [-0.3, -0.25) is 0 Å². The van der Waals surface area contributed by atoms with Crippen LogP contribution in [0.3, 0.4) is 0 Å². The molecular formula is C17H17ClN2. The number of hydrogen-bond donors (Lipinski definition) is 0. The minimum atomic E-state index is 0.773. The van der Waals surface area contributed by atoms with E-state index < -0.39 is 0 Å². The first-order chi connectivity index (χ1) is 9.79. The molecule has 0 amide bonds. The largest absolute Gasteiger partial charge is 0.323 e. The second-order valence-corrected chi connectivity index (χ2v) is 5.35. The van der Waals surface area contributed by atoms with Gasteiger partial charge in [0, 0.05) is 11.4 Å². The van der Waals surface area contributed by atoms with Crippen LogP contribution in [-0.4, -0.2) is 9.55 Å². The van der Waals surface area contributed by atoms with E-state index in [1.807, 2.05) is 24.3 Å². The molecule has 0 bridgehead atoms. The Morgan fingerprint density at radius 1 is 1.05 bits per heavy atom. The van der Waals surface area contributed by atoms with Crippen LogP contribution in [0.1, 0.15) is 24.7 Å². The Labute approximate surface area is 124 Å². The predicted octanol–water partition coefficient (Wildman–Crippen LogP) is 4.69. The van der Waals surface area contributed by atoms with E-state index in [1.54, 1.807) is 0 Å². The van der Waals surface area contributed by atoms with Crippen LogP contribution in [0.15, 0.2) is 48.5 Å². The van der Waals surface area contributed by atoms with Crippen LogP contribution in [0.4, 0.5) is 0 Å². The predicted molar refractivity (Wildman–Crippen MR) is 84.3 cm³/mol. The Bertz CT molecular complexity index is 731. The minimum Gasteiger partial charge on any atom is -0.323 e. The van der Waals surface area contributed by atoms with E-state index in [1.165, 1.54) is 5.52 Å². The summed E-state index contributed by atoms with van der Waals surface area (Å²) < 4.78 is 2.28. The van der Waals surface area contributed by atoms with Crippen molar-refractivity contribution in [1.29, 1.82) is 0 Å². The van der Waals surface area contributed by atoms with Gasteiger partial charge in [0.05, 0.1) is 17.6 Å². The van der Waals surface area contributed by atoms with Crippen LogP contribution >= 0.6 is 11.6 Å². The molecule has 0 aliphatic rings. The zero-order valence-corrected chi connectivity index (χ0v) is 12.3. The molecule has 0 aliphatic heterocycles. The Morgan fingerprint density at radius 2 is 1.80 bits per heavy atom. The van der Waals surface area contributed by atoms with Gasteiger partial charge in [0.25, 0.3) is 0 Å². The van der Waals surface area contributed by atoms with Crippen molar-refractivity contribution in [3.8, 4) is 0 Å². The van der Waals surface area contributed by atoms with Crippen molar-refractivity contribution in [2.45, 2.75) is 26.3 Å². The van der Waals surface area contributed by atoms with Gasteiger partial charge < -0.3 is 4.57 Å². The highest BCUT2D eigenvalue weighted by atomic mass is 35.5. The number of imidazole rings is 1. The highest BCUT2D eigenvalue weighted by Crippen LogP contribution is 2.22. The van der Waals surface area contributed by atoms with Gasteiger partial charge in [-0.15, -0.1) is 0 Å². The fraction of sp³-hybridized carbons (Fsp3) is 0.235. The van der Waals surface area contributed by atoms with E-state index in [4.69, 9.17) is 16.6 Å². The smallest absolute Gasteiger partial charge is 0.110 e. The lowest BCUT2D eigenvalue weighted by atomic mass is 10.2. The maximum absolute atomic E-state index is 6.29. The molecule has 2 aromatic carbocycles. The van der Waals surface area contributed by atoms with Gasteiger partial charge in [-0.05, 0) is 30.2 Å². The van der Waals surface area contributed by atoms with Gasteiger partial charge in [-0.1, -0.05) is 48.9 Å². The van der Waals surface area contributed by atoms with Crippen molar-refractivity contribution in [1.82, 2.24) is 9.55 Å². The number of aromatic nitrogens is 2. The van der Waals surface area contributed by atoms with Gasteiger partial charge in [0.2, 0.25) is 0 Å². The van der Waals surface area contributed by atoms with Gasteiger partial charge >= 0.3 is 0 Å². The van der Waals surface area contributed by atoms with Crippen molar-refractivity contribution in [2.75, 3.05) is 0 Å². The second kappa shape index (κ2) is 5.68. The Hall–Kier alpha value is -1.80. The molecule has 3 heteroatoms. The number of benzene rings is 2. The fourth-order valence-corrected chi connectivity index (χ4v) is 2.71. The van der Waals surface area contributed by atoms with Crippen molar-refractivity contribution in [3.63, 3.8) is 0 Å². The summed E-state index contributed by atoms with van der Waals surface area (Å²) in [5, 5.41) is 0.813. The summed E-state index contributed by atoms with van der Waals surface area (Å²) in [4.78, 5) is 4.75. The minimum absolute atomic E-state index is 0.773. The summed E-state index contributed by atoms with van der Waals surface area (Å²) in [5.74, 6) is 1.13. The molecule has 0 radical (unpaired) electrons. The number of nitrogens with zero attached hydrogens (tertiary/aromatic N) is 2. The number of fused-ring (bicyclic) bond motifs is 1. The van der Waals surface area contributed by atoms with Crippen LogP contribution in [0.5, 0.6) is 0 Å². The number of rotatable bonds is 4. The fourth-order valence-electron chi connectivity index (χ4n) is 2.51. The molecule has 0 aliphatic carbocycles. The zero-order chi connectivity index (χ0) is 13.9. The molecule has 20 heavy (non-hydrogen) atoms. The number of halogens is 1. The molecule has 1 aromatic heterocycles. The topological polar surface area (TPSA) is 17.8 Å². The molecule has 0 spiro atoms. The summed E-state index contributed by atoms with van der Waals surface area (Å²) in [6.07, 6.45) is 2.07. The quantitative estimate of drug-likeness (QED) is 0.679. The van der Waals surface area contributed by atoms with Gasteiger partial charge in [-0.2, -0.15) is 0 Å². The third-order valence-corrected chi connectivity index (χ3v) is 3.86. The average Bonchev–Trinajstić information content (AvgIpc) is 2.80. The SMILES string of the molecule is CCCc1nc2ccccc2n1Cc1ccccc1Cl. The van der Waals surface area contributed by atoms with Crippen molar-refractivity contribution in [3.05, 3.63) is 64.9 Å². The van der Waals surface area contributed by atoms with E-state index in [2.05, 4.69) is 35.8 Å². The molecule has 3 rings (SSSR count). The normalized spacial score (nSPS) is 11.1. The maximum atomic E-state index is 6.29. The van der Waals surface area contributed by atoms with Crippen LogP contribution < -0.4 is 0 Å². The van der Waals surface area contributed by atoms with Crippen LogP contribution in [-0.2, 0) is 13.0 Å². The molecule has 3 aromatic rings. The number of para-hydroxylation sites is 2. The van der Waals surface area contributed by atoms with E-state index >= 15 is 0 Å². The van der Waals surface area contributed by atoms with Crippen molar-refractivity contribution < 1.29 is 0 Å². The van der Waals surface area contributed by atoms with Crippen molar-refractivity contribution in [2.24, 2.45) is 0 Å². The first-order valence-electron chi connectivity index (χ1n) is 6.97. The molecule has 0 atom stereocenters. The van der Waals surface area contributed by atoms with Crippen LogP contribution in [0, 0.1) is 0 Å². The molecular weight excluding hydrogens is 268 g/mol. The van der Waals surface area contributed by atoms with Gasteiger partial charge in [0.15, 0.2) is 0 Å². The van der Waals surface area contributed by atoms with E-state index in [0.29, 0.717) is 0 Å². The van der Waals surface area contributed by atoms with Crippen molar-refractivity contribution >= 4 is 22.6 Å². The first kappa shape index (κ1) is 13.2. The third-order valence-electron chi connectivity index (χ3n) is 3.49. The lowest BCUT2D eigenvalue weighted by Gasteiger charge is -2.10. The molecule has 0 saturated heterocycles. The highest BCUT2D eigenvalue weighted by Gasteiger charge is 2.11. The van der Waals surface area contributed by atoms with E-state index in [0.717, 1.165) is 41.3 Å². The molecule has 0 N–H and O–H groups in total. The molecule has 0 unspecified atom stereocenters. The molecule has 0 fully saturated rings. The average molecular weight is 285 g/mol. The lowest BCUT2D eigenvalue weighted by Crippen LogP contribution is -2.05. The number of hydrogen-bond acceptors (Lipinski definition) is 1.